The molecule has 0 bridgehead atoms. The Morgan fingerprint density at radius 2 is 1.79 bits per heavy atom. The Bertz CT molecular complexity index is 161. The molecule has 1 rings (SSSR count). The second-order valence-electron chi connectivity index (χ2n) is 4.67. The molecular formula is C13H27N. The van der Waals surface area contributed by atoms with Crippen molar-refractivity contribution in [2.24, 2.45) is 0 Å². The highest BCUT2D eigenvalue weighted by molar-refractivity contribution is 4.95. The fourth-order valence-electron chi connectivity index (χ4n) is 3.38. The maximum atomic E-state index is 2.79. The second-order valence-corrected chi connectivity index (χ2v) is 4.67. The summed E-state index contributed by atoms with van der Waals surface area (Å²) >= 11 is 0. The highest BCUT2D eigenvalue weighted by Gasteiger charge is 2.38. The van der Waals surface area contributed by atoms with Crippen molar-refractivity contribution in [1.82, 2.24) is 4.90 Å². The van der Waals surface area contributed by atoms with Crippen molar-refractivity contribution < 1.29 is 0 Å². The summed E-state index contributed by atoms with van der Waals surface area (Å²) in [5, 5.41) is 0. The molecule has 0 N–H and O–H groups in total. The minimum atomic E-state index is 0.535. The van der Waals surface area contributed by atoms with Gasteiger partial charge in [0.1, 0.15) is 0 Å². The molecule has 1 saturated heterocycles. The zero-order chi connectivity index (χ0) is 10.6. The summed E-state index contributed by atoms with van der Waals surface area (Å²) in [7, 11) is 0. The monoisotopic (exact) mass is 197 g/mol. The number of likely N-dealkylation sites (tertiary alicyclic amines) is 1. The molecule has 1 atom stereocenters. The number of hydrogen-bond donors (Lipinski definition) is 0. The molecule has 0 amide bonds. The van der Waals surface area contributed by atoms with Crippen LogP contribution < -0.4 is 0 Å². The molecule has 0 aromatic heterocycles. The third-order valence-corrected chi connectivity index (χ3v) is 4.36. The number of rotatable bonds is 4. The van der Waals surface area contributed by atoms with Gasteiger partial charge in [-0.3, -0.25) is 4.90 Å². The van der Waals surface area contributed by atoms with E-state index in [2.05, 4.69) is 32.6 Å². The molecule has 1 aliphatic rings. The van der Waals surface area contributed by atoms with Crippen LogP contribution in [0.2, 0.25) is 0 Å². The van der Waals surface area contributed by atoms with Gasteiger partial charge in [-0.05, 0) is 38.6 Å². The summed E-state index contributed by atoms with van der Waals surface area (Å²) in [6.07, 6.45) is 8.27. The lowest BCUT2D eigenvalue weighted by Crippen LogP contribution is -2.55. The van der Waals surface area contributed by atoms with Crippen LogP contribution in [0.3, 0.4) is 0 Å². The molecule has 1 unspecified atom stereocenters. The highest BCUT2D eigenvalue weighted by atomic mass is 15.2. The van der Waals surface area contributed by atoms with Crippen molar-refractivity contribution in [3.05, 3.63) is 0 Å². The smallest absolute Gasteiger partial charge is 0.0207 e. The maximum absolute atomic E-state index is 2.79. The summed E-state index contributed by atoms with van der Waals surface area (Å²) < 4.78 is 0. The lowest BCUT2D eigenvalue weighted by atomic mass is 9.79. The van der Waals surface area contributed by atoms with Gasteiger partial charge in [0, 0.05) is 11.6 Å². The highest BCUT2D eigenvalue weighted by Crippen LogP contribution is 2.37. The summed E-state index contributed by atoms with van der Waals surface area (Å²) in [6, 6.07) is 0.855. The molecule has 0 aromatic rings. The van der Waals surface area contributed by atoms with E-state index in [1.165, 1.54) is 45.1 Å². The van der Waals surface area contributed by atoms with Gasteiger partial charge in [-0.2, -0.15) is 0 Å². The molecule has 1 nitrogen and oxygen atoms in total. The molecule has 0 saturated carbocycles. The molecule has 84 valence electrons. The predicted molar refractivity (Wildman–Crippen MR) is 63.6 cm³/mol. The molecule has 0 aliphatic carbocycles. The van der Waals surface area contributed by atoms with Gasteiger partial charge >= 0.3 is 0 Å². The third-order valence-electron chi connectivity index (χ3n) is 4.36. The van der Waals surface area contributed by atoms with Crippen LogP contribution in [0.1, 0.15) is 66.2 Å². The van der Waals surface area contributed by atoms with Gasteiger partial charge in [0.05, 0.1) is 0 Å². The van der Waals surface area contributed by atoms with Crippen molar-refractivity contribution in [2.45, 2.75) is 77.8 Å². The van der Waals surface area contributed by atoms with Gasteiger partial charge in [-0.15, -0.1) is 0 Å². The maximum Gasteiger partial charge on any atom is 0.0207 e. The van der Waals surface area contributed by atoms with Crippen LogP contribution in [0.5, 0.6) is 0 Å². The van der Waals surface area contributed by atoms with Crippen LogP contribution >= 0.6 is 0 Å². The van der Waals surface area contributed by atoms with Crippen molar-refractivity contribution in [2.75, 3.05) is 6.54 Å². The van der Waals surface area contributed by atoms with Crippen molar-refractivity contribution in [1.29, 1.82) is 0 Å². The SMILES string of the molecule is CCC1CCCC(CC)(CC)N1CC. The fraction of sp³-hybridized carbons (Fsp3) is 1.00. The van der Waals surface area contributed by atoms with Crippen LogP contribution in [0.15, 0.2) is 0 Å². The Labute approximate surface area is 89.9 Å². The van der Waals surface area contributed by atoms with Crippen LogP contribution in [-0.2, 0) is 0 Å². The van der Waals surface area contributed by atoms with Gasteiger partial charge in [0.2, 0.25) is 0 Å². The average Bonchev–Trinajstić information content (AvgIpc) is 2.27. The first-order valence-corrected chi connectivity index (χ1v) is 6.50. The Kier molecular flexibility index (Phi) is 4.43. The van der Waals surface area contributed by atoms with Crippen LogP contribution in [0.4, 0.5) is 0 Å². The Balaban J connectivity index is 2.80. The third kappa shape index (κ3) is 1.98. The standard InChI is InChI=1S/C13H27N/c1-5-12-10-9-11-13(6-2,7-3)14(12)8-4/h12H,5-11H2,1-4H3. The molecule has 1 aliphatic heterocycles. The molecule has 0 radical (unpaired) electrons. The van der Waals surface area contributed by atoms with Crippen molar-refractivity contribution in [3.63, 3.8) is 0 Å². The van der Waals surface area contributed by atoms with Crippen LogP contribution in [0, 0.1) is 0 Å². The van der Waals surface area contributed by atoms with Crippen LogP contribution in [0.25, 0.3) is 0 Å². The molecule has 1 fully saturated rings. The zero-order valence-electron chi connectivity index (χ0n) is 10.5. The topological polar surface area (TPSA) is 3.24 Å². The van der Waals surface area contributed by atoms with E-state index in [-0.39, 0.29) is 0 Å². The Morgan fingerprint density at radius 1 is 1.14 bits per heavy atom. The lowest BCUT2D eigenvalue weighted by molar-refractivity contribution is -0.00439. The number of nitrogens with zero attached hydrogens (tertiary/aromatic N) is 1. The first-order chi connectivity index (χ1) is 6.74. The van der Waals surface area contributed by atoms with Gasteiger partial charge in [0.15, 0.2) is 0 Å². The molecule has 1 heteroatoms. The Hall–Kier alpha value is -0.0400. The largest absolute Gasteiger partial charge is 0.295 e. The molecule has 1 heterocycles. The van der Waals surface area contributed by atoms with Crippen molar-refractivity contribution >= 4 is 0 Å². The lowest BCUT2D eigenvalue weighted by Gasteiger charge is -2.51. The Morgan fingerprint density at radius 3 is 2.21 bits per heavy atom. The van der Waals surface area contributed by atoms with Gasteiger partial charge in [-0.1, -0.05) is 34.1 Å². The summed E-state index contributed by atoms with van der Waals surface area (Å²) in [4.78, 5) is 2.79. The van der Waals surface area contributed by atoms with E-state index in [1.807, 2.05) is 0 Å². The predicted octanol–water partition coefficient (Wildman–Crippen LogP) is 3.83. The minimum Gasteiger partial charge on any atom is -0.295 e. The van der Waals surface area contributed by atoms with E-state index >= 15 is 0 Å². The van der Waals surface area contributed by atoms with Gasteiger partial charge < -0.3 is 0 Å². The number of hydrogen-bond acceptors (Lipinski definition) is 1. The van der Waals surface area contributed by atoms with E-state index in [0.717, 1.165) is 6.04 Å². The van der Waals surface area contributed by atoms with E-state index in [1.54, 1.807) is 0 Å². The number of piperidine rings is 1. The molecular weight excluding hydrogens is 170 g/mol. The molecule has 0 aromatic carbocycles. The summed E-state index contributed by atoms with van der Waals surface area (Å²) in [5.74, 6) is 0. The second kappa shape index (κ2) is 5.16. The first kappa shape index (κ1) is 12.0. The van der Waals surface area contributed by atoms with Crippen LogP contribution in [-0.4, -0.2) is 23.0 Å². The first-order valence-electron chi connectivity index (χ1n) is 6.50. The zero-order valence-corrected chi connectivity index (χ0v) is 10.5. The van der Waals surface area contributed by atoms with E-state index in [9.17, 15) is 0 Å². The van der Waals surface area contributed by atoms with Gasteiger partial charge in [0.25, 0.3) is 0 Å². The van der Waals surface area contributed by atoms with E-state index < -0.39 is 0 Å². The fourth-order valence-corrected chi connectivity index (χ4v) is 3.38. The minimum absolute atomic E-state index is 0.535. The molecule has 14 heavy (non-hydrogen) atoms. The quantitative estimate of drug-likeness (QED) is 0.662. The van der Waals surface area contributed by atoms with Gasteiger partial charge in [-0.25, -0.2) is 0 Å². The van der Waals surface area contributed by atoms with Crippen molar-refractivity contribution in [3.8, 4) is 0 Å². The summed E-state index contributed by atoms with van der Waals surface area (Å²) in [5.41, 5.74) is 0.535. The van der Waals surface area contributed by atoms with E-state index in [0.29, 0.717) is 5.54 Å². The summed E-state index contributed by atoms with van der Waals surface area (Å²) in [6.45, 7) is 10.6. The normalized spacial score (nSPS) is 27.9. The van der Waals surface area contributed by atoms with E-state index in [4.69, 9.17) is 0 Å². The average molecular weight is 197 g/mol. The molecule has 0 spiro atoms.